The Bertz CT molecular complexity index is 355. The van der Waals surface area contributed by atoms with Gasteiger partial charge in [-0.05, 0) is 52.9 Å². The highest BCUT2D eigenvalue weighted by molar-refractivity contribution is 5.20. The van der Waals surface area contributed by atoms with Crippen LogP contribution in [-0.2, 0) is 13.1 Å². The zero-order valence-corrected chi connectivity index (χ0v) is 12.1. The Morgan fingerprint density at radius 1 is 1.41 bits per heavy atom. The van der Waals surface area contributed by atoms with Gasteiger partial charge in [0.1, 0.15) is 11.5 Å². The highest BCUT2D eigenvalue weighted by Crippen LogP contribution is 2.21. The first-order valence-electron chi connectivity index (χ1n) is 6.34. The minimum absolute atomic E-state index is 0.212. The van der Waals surface area contributed by atoms with Crippen molar-refractivity contribution in [2.45, 2.75) is 52.7 Å². The van der Waals surface area contributed by atoms with E-state index in [-0.39, 0.29) is 5.54 Å². The van der Waals surface area contributed by atoms with Crippen molar-refractivity contribution in [3.63, 3.8) is 0 Å². The van der Waals surface area contributed by atoms with Crippen LogP contribution in [0.2, 0.25) is 0 Å². The van der Waals surface area contributed by atoms with E-state index in [4.69, 9.17) is 4.42 Å². The fourth-order valence-corrected chi connectivity index (χ4v) is 1.72. The third-order valence-corrected chi connectivity index (χ3v) is 3.70. The zero-order chi connectivity index (χ0) is 13.1. The monoisotopic (exact) mass is 238 g/mol. The molecule has 3 nitrogen and oxygen atoms in total. The summed E-state index contributed by atoms with van der Waals surface area (Å²) < 4.78 is 5.86. The van der Waals surface area contributed by atoms with Crippen molar-refractivity contribution in [1.29, 1.82) is 0 Å². The van der Waals surface area contributed by atoms with Crippen LogP contribution in [0.15, 0.2) is 10.5 Å². The van der Waals surface area contributed by atoms with E-state index >= 15 is 0 Å². The molecule has 1 rings (SSSR count). The van der Waals surface area contributed by atoms with E-state index < -0.39 is 0 Å². The standard InChI is InChI=1S/C14H26N2O/c1-7-14(3,4)16(6)10-12-8-11(2)13(17-12)9-15-5/h8,15H,7,9-10H2,1-6H3. The number of hydrogen-bond donors (Lipinski definition) is 1. The molecular weight excluding hydrogens is 212 g/mol. The highest BCUT2D eigenvalue weighted by Gasteiger charge is 2.22. The summed E-state index contributed by atoms with van der Waals surface area (Å²) in [6, 6.07) is 2.15. The topological polar surface area (TPSA) is 28.4 Å². The lowest BCUT2D eigenvalue weighted by atomic mass is 10.00. The van der Waals surface area contributed by atoms with Gasteiger partial charge < -0.3 is 9.73 Å². The van der Waals surface area contributed by atoms with Crippen LogP contribution in [0.4, 0.5) is 0 Å². The first-order chi connectivity index (χ1) is 7.90. The normalized spacial score (nSPS) is 12.4. The number of rotatable bonds is 6. The van der Waals surface area contributed by atoms with Gasteiger partial charge in [-0.1, -0.05) is 6.92 Å². The van der Waals surface area contributed by atoms with E-state index in [2.05, 4.69) is 51.0 Å². The van der Waals surface area contributed by atoms with E-state index in [0.29, 0.717) is 0 Å². The Hall–Kier alpha value is -0.800. The third kappa shape index (κ3) is 3.58. The molecule has 0 fully saturated rings. The molecule has 1 aromatic rings. The summed E-state index contributed by atoms with van der Waals surface area (Å²) in [5, 5.41) is 3.13. The van der Waals surface area contributed by atoms with E-state index in [1.165, 1.54) is 5.56 Å². The average molecular weight is 238 g/mol. The lowest BCUT2D eigenvalue weighted by Crippen LogP contribution is -2.39. The molecule has 0 amide bonds. The second-order valence-corrected chi connectivity index (χ2v) is 5.37. The summed E-state index contributed by atoms with van der Waals surface area (Å²) in [5.41, 5.74) is 1.45. The Kier molecular flexibility index (Phi) is 4.78. The molecule has 0 atom stereocenters. The van der Waals surface area contributed by atoms with Gasteiger partial charge in [0.25, 0.3) is 0 Å². The summed E-state index contributed by atoms with van der Waals surface area (Å²) in [4.78, 5) is 2.34. The van der Waals surface area contributed by atoms with E-state index in [0.717, 1.165) is 31.0 Å². The van der Waals surface area contributed by atoms with Crippen LogP contribution in [0.25, 0.3) is 0 Å². The second kappa shape index (κ2) is 5.69. The van der Waals surface area contributed by atoms with Gasteiger partial charge in [-0.3, -0.25) is 4.90 Å². The quantitative estimate of drug-likeness (QED) is 0.826. The fraction of sp³-hybridized carbons (Fsp3) is 0.714. The molecule has 0 saturated carbocycles. The zero-order valence-electron chi connectivity index (χ0n) is 12.1. The molecule has 1 aromatic heterocycles. The first kappa shape index (κ1) is 14.3. The molecule has 0 aliphatic carbocycles. The van der Waals surface area contributed by atoms with Gasteiger partial charge >= 0.3 is 0 Å². The van der Waals surface area contributed by atoms with Crippen molar-refractivity contribution < 1.29 is 4.42 Å². The summed E-state index contributed by atoms with van der Waals surface area (Å²) in [6.45, 7) is 10.5. The molecular formula is C14H26N2O. The molecule has 0 spiro atoms. The van der Waals surface area contributed by atoms with E-state index in [1.54, 1.807) is 0 Å². The van der Waals surface area contributed by atoms with Gasteiger partial charge in [-0.2, -0.15) is 0 Å². The van der Waals surface area contributed by atoms with Crippen LogP contribution in [-0.4, -0.2) is 24.5 Å². The molecule has 0 bridgehead atoms. The van der Waals surface area contributed by atoms with Gasteiger partial charge in [-0.25, -0.2) is 0 Å². The lowest BCUT2D eigenvalue weighted by molar-refractivity contribution is 0.132. The molecule has 0 saturated heterocycles. The molecule has 98 valence electrons. The van der Waals surface area contributed by atoms with Crippen LogP contribution in [0.1, 0.15) is 44.3 Å². The summed E-state index contributed by atoms with van der Waals surface area (Å²) in [5.74, 6) is 2.10. The number of furan rings is 1. The van der Waals surface area contributed by atoms with E-state index in [1.807, 2.05) is 7.05 Å². The molecule has 17 heavy (non-hydrogen) atoms. The number of nitrogens with one attached hydrogen (secondary N) is 1. The molecule has 1 heterocycles. The Balaban J connectivity index is 2.72. The third-order valence-electron chi connectivity index (χ3n) is 3.70. The lowest BCUT2D eigenvalue weighted by Gasteiger charge is -2.34. The molecule has 0 aromatic carbocycles. The minimum Gasteiger partial charge on any atom is -0.463 e. The molecule has 0 aliphatic rings. The Morgan fingerprint density at radius 3 is 2.59 bits per heavy atom. The van der Waals surface area contributed by atoms with Crippen molar-refractivity contribution in [1.82, 2.24) is 10.2 Å². The maximum atomic E-state index is 5.86. The number of hydrogen-bond acceptors (Lipinski definition) is 3. The molecule has 0 unspecified atom stereocenters. The Morgan fingerprint density at radius 2 is 2.06 bits per heavy atom. The van der Waals surface area contributed by atoms with Crippen molar-refractivity contribution in [3.05, 3.63) is 23.2 Å². The Labute approximate surface area is 105 Å². The van der Waals surface area contributed by atoms with Crippen LogP contribution in [0, 0.1) is 6.92 Å². The summed E-state index contributed by atoms with van der Waals surface area (Å²) >= 11 is 0. The molecule has 0 aliphatic heterocycles. The largest absolute Gasteiger partial charge is 0.463 e. The van der Waals surface area contributed by atoms with E-state index in [9.17, 15) is 0 Å². The van der Waals surface area contributed by atoms with Crippen LogP contribution in [0.3, 0.4) is 0 Å². The van der Waals surface area contributed by atoms with Crippen LogP contribution in [0.5, 0.6) is 0 Å². The summed E-state index contributed by atoms with van der Waals surface area (Å²) in [7, 11) is 4.09. The highest BCUT2D eigenvalue weighted by atomic mass is 16.3. The fourth-order valence-electron chi connectivity index (χ4n) is 1.72. The van der Waals surface area contributed by atoms with Crippen molar-refractivity contribution in [2.24, 2.45) is 0 Å². The number of nitrogens with zero attached hydrogens (tertiary/aromatic N) is 1. The molecule has 0 radical (unpaired) electrons. The predicted molar refractivity (Wildman–Crippen MR) is 72.0 cm³/mol. The smallest absolute Gasteiger partial charge is 0.120 e. The van der Waals surface area contributed by atoms with Crippen LogP contribution >= 0.6 is 0 Å². The minimum atomic E-state index is 0.212. The summed E-state index contributed by atoms with van der Waals surface area (Å²) in [6.07, 6.45) is 1.13. The van der Waals surface area contributed by atoms with Gasteiger partial charge in [0.05, 0.1) is 13.1 Å². The van der Waals surface area contributed by atoms with Crippen molar-refractivity contribution >= 4 is 0 Å². The maximum Gasteiger partial charge on any atom is 0.120 e. The number of aryl methyl sites for hydroxylation is 1. The van der Waals surface area contributed by atoms with Crippen molar-refractivity contribution in [2.75, 3.05) is 14.1 Å². The van der Waals surface area contributed by atoms with Crippen LogP contribution < -0.4 is 5.32 Å². The molecule has 1 N–H and O–H groups in total. The van der Waals surface area contributed by atoms with Crippen molar-refractivity contribution in [3.8, 4) is 0 Å². The average Bonchev–Trinajstić information content (AvgIpc) is 2.60. The molecule has 3 heteroatoms. The second-order valence-electron chi connectivity index (χ2n) is 5.37. The van der Waals surface area contributed by atoms with Gasteiger partial charge in [0, 0.05) is 5.54 Å². The predicted octanol–water partition coefficient (Wildman–Crippen LogP) is 2.93. The van der Waals surface area contributed by atoms with Gasteiger partial charge in [-0.15, -0.1) is 0 Å². The maximum absolute atomic E-state index is 5.86. The van der Waals surface area contributed by atoms with Gasteiger partial charge in [0.15, 0.2) is 0 Å². The van der Waals surface area contributed by atoms with Gasteiger partial charge in [0.2, 0.25) is 0 Å². The first-order valence-corrected chi connectivity index (χ1v) is 6.34. The SMILES string of the molecule is CCC(C)(C)N(C)Cc1cc(C)c(CNC)o1.